The number of ether oxygens (including phenoxy) is 2. The summed E-state index contributed by atoms with van der Waals surface area (Å²) in [6.45, 7) is 3.69. The van der Waals surface area contributed by atoms with Crippen molar-refractivity contribution in [3.05, 3.63) is 52.5 Å². The number of sulfonamides is 1. The number of nitrogens with one attached hydrogen (secondary N) is 1. The van der Waals surface area contributed by atoms with Gasteiger partial charge in [-0.1, -0.05) is 47.3 Å². The number of hydrogen-bond donors (Lipinski definition) is 1. The standard InChI is InChI=1S/C28H36BrN3O6S/c1-3-39(35,36)32(24-13-14-25-26(17-24)38-16-15-37-25)19-27(33)31(18-21-9-11-22(29)12-10-21)20(2)28(34)30-23-7-5-4-6-8-23/h9-14,17,20,23H,3-8,15-16,18-19H2,1-2H3,(H,30,34)/t20-/m1/s1. The zero-order valence-corrected chi connectivity index (χ0v) is 24.8. The number of halogens is 1. The summed E-state index contributed by atoms with van der Waals surface area (Å²) in [7, 11) is -3.83. The monoisotopic (exact) mass is 621 g/mol. The third kappa shape index (κ3) is 7.45. The molecule has 0 unspecified atom stereocenters. The van der Waals surface area contributed by atoms with Crippen LogP contribution in [-0.4, -0.2) is 62.7 Å². The molecule has 4 rings (SSSR count). The fourth-order valence-electron chi connectivity index (χ4n) is 4.84. The summed E-state index contributed by atoms with van der Waals surface area (Å²) in [6.07, 6.45) is 5.15. The van der Waals surface area contributed by atoms with E-state index in [1.165, 1.54) is 11.8 Å². The van der Waals surface area contributed by atoms with Crippen molar-refractivity contribution < 1.29 is 27.5 Å². The van der Waals surface area contributed by atoms with Crippen molar-refractivity contribution in [3.8, 4) is 11.5 Å². The van der Waals surface area contributed by atoms with Crippen LogP contribution in [0.2, 0.25) is 0 Å². The molecule has 2 aliphatic rings. The first-order chi connectivity index (χ1) is 18.7. The fraction of sp³-hybridized carbons (Fsp3) is 0.500. The molecule has 2 aromatic carbocycles. The van der Waals surface area contributed by atoms with E-state index < -0.39 is 28.5 Å². The van der Waals surface area contributed by atoms with Crippen LogP contribution < -0.4 is 19.1 Å². The third-order valence-corrected chi connectivity index (χ3v) is 9.45. The predicted octanol–water partition coefficient (Wildman–Crippen LogP) is 4.24. The lowest BCUT2D eigenvalue weighted by molar-refractivity contribution is -0.139. The van der Waals surface area contributed by atoms with Crippen LogP contribution in [0.3, 0.4) is 0 Å². The smallest absolute Gasteiger partial charge is 0.244 e. The molecule has 9 nitrogen and oxygen atoms in total. The summed E-state index contributed by atoms with van der Waals surface area (Å²) in [5, 5.41) is 3.11. The summed E-state index contributed by atoms with van der Waals surface area (Å²) in [5.41, 5.74) is 1.13. The van der Waals surface area contributed by atoms with Crippen molar-refractivity contribution in [2.75, 3.05) is 29.8 Å². The Kier molecular flexibility index (Phi) is 9.76. The fourth-order valence-corrected chi connectivity index (χ4v) is 6.16. The molecule has 2 amide bonds. The Labute approximate surface area is 239 Å². The van der Waals surface area contributed by atoms with E-state index in [4.69, 9.17) is 9.47 Å². The first-order valence-corrected chi connectivity index (χ1v) is 15.8. The Hall–Kier alpha value is -2.79. The van der Waals surface area contributed by atoms with E-state index >= 15 is 0 Å². The highest BCUT2D eigenvalue weighted by Gasteiger charge is 2.32. The van der Waals surface area contributed by atoms with Gasteiger partial charge in [0.1, 0.15) is 25.8 Å². The van der Waals surface area contributed by atoms with Crippen molar-refractivity contribution in [2.45, 2.75) is 64.6 Å². The van der Waals surface area contributed by atoms with Crippen molar-refractivity contribution in [1.29, 1.82) is 0 Å². The number of anilines is 1. The van der Waals surface area contributed by atoms with E-state index in [2.05, 4.69) is 21.2 Å². The average molecular weight is 623 g/mol. The molecule has 0 aromatic heterocycles. The van der Waals surface area contributed by atoms with Gasteiger partial charge in [-0.25, -0.2) is 8.42 Å². The molecule has 0 saturated heterocycles. The van der Waals surface area contributed by atoms with E-state index in [0.29, 0.717) is 30.4 Å². The van der Waals surface area contributed by atoms with E-state index in [1.807, 2.05) is 24.3 Å². The molecule has 212 valence electrons. The minimum Gasteiger partial charge on any atom is -0.486 e. The van der Waals surface area contributed by atoms with E-state index in [0.717, 1.165) is 46.4 Å². The molecule has 0 radical (unpaired) electrons. The second-order valence-corrected chi connectivity index (χ2v) is 13.0. The van der Waals surface area contributed by atoms with Crippen LogP contribution in [0.5, 0.6) is 11.5 Å². The normalized spacial score (nSPS) is 16.3. The highest BCUT2D eigenvalue weighted by molar-refractivity contribution is 9.10. The van der Waals surface area contributed by atoms with Gasteiger partial charge in [-0.2, -0.15) is 0 Å². The van der Waals surface area contributed by atoms with Gasteiger partial charge in [0.15, 0.2) is 11.5 Å². The predicted molar refractivity (Wildman–Crippen MR) is 153 cm³/mol. The molecule has 1 aliphatic carbocycles. The number of carbonyl (C=O) groups excluding carboxylic acids is 2. The van der Waals surface area contributed by atoms with Gasteiger partial charge < -0.3 is 19.7 Å². The van der Waals surface area contributed by atoms with Crippen LogP contribution >= 0.6 is 15.9 Å². The van der Waals surface area contributed by atoms with Crippen LogP contribution in [0.15, 0.2) is 46.9 Å². The number of amides is 2. The quantitative estimate of drug-likeness (QED) is 0.425. The Morgan fingerprint density at radius 3 is 2.36 bits per heavy atom. The number of fused-ring (bicyclic) bond motifs is 1. The third-order valence-electron chi connectivity index (χ3n) is 7.18. The number of carbonyl (C=O) groups is 2. The minimum atomic E-state index is -3.83. The molecule has 1 saturated carbocycles. The van der Waals surface area contributed by atoms with Crippen molar-refractivity contribution in [1.82, 2.24) is 10.2 Å². The maximum atomic E-state index is 13.9. The number of nitrogens with zero attached hydrogens (tertiary/aromatic N) is 2. The number of rotatable bonds is 10. The molecule has 2 aromatic rings. The van der Waals surface area contributed by atoms with E-state index in [9.17, 15) is 18.0 Å². The van der Waals surface area contributed by atoms with Crippen LogP contribution in [-0.2, 0) is 26.2 Å². The first kappa shape index (κ1) is 29.2. The van der Waals surface area contributed by atoms with E-state index in [-0.39, 0.29) is 24.2 Å². The largest absolute Gasteiger partial charge is 0.486 e. The second kappa shape index (κ2) is 13.0. The lowest BCUT2D eigenvalue weighted by atomic mass is 9.95. The zero-order valence-electron chi connectivity index (χ0n) is 22.4. The van der Waals surface area contributed by atoms with Crippen molar-refractivity contribution in [2.24, 2.45) is 0 Å². The topological polar surface area (TPSA) is 105 Å². The van der Waals surface area contributed by atoms with Crippen LogP contribution in [0.4, 0.5) is 5.69 Å². The maximum Gasteiger partial charge on any atom is 0.244 e. The van der Waals surface area contributed by atoms with Crippen molar-refractivity contribution >= 4 is 43.5 Å². The molecule has 39 heavy (non-hydrogen) atoms. The van der Waals surface area contributed by atoms with Gasteiger partial charge in [-0.15, -0.1) is 0 Å². The average Bonchev–Trinajstić information content (AvgIpc) is 2.95. The van der Waals surface area contributed by atoms with Crippen LogP contribution in [0, 0.1) is 0 Å². The van der Waals surface area contributed by atoms with Gasteiger partial charge in [0, 0.05) is 23.1 Å². The molecular formula is C28H36BrN3O6S. The van der Waals surface area contributed by atoms with Gasteiger partial charge in [0.2, 0.25) is 21.8 Å². The highest BCUT2D eigenvalue weighted by Crippen LogP contribution is 2.35. The van der Waals surface area contributed by atoms with Gasteiger partial charge in [-0.3, -0.25) is 13.9 Å². The summed E-state index contributed by atoms with van der Waals surface area (Å²) in [5.74, 6) is 0.0382. The zero-order chi connectivity index (χ0) is 28.0. The molecule has 1 aliphatic heterocycles. The van der Waals surface area contributed by atoms with E-state index in [1.54, 1.807) is 25.1 Å². The van der Waals surface area contributed by atoms with Crippen LogP contribution in [0.1, 0.15) is 51.5 Å². The highest BCUT2D eigenvalue weighted by atomic mass is 79.9. The Morgan fingerprint density at radius 1 is 1.03 bits per heavy atom. The Bertz CT molecular complexity index is 1260. The minimum absolute atomic E-state index is 0.0908. The maximum absolute atomic E-state index is 13.9. The Balaban J connectivity index is 1.61. The van der Waals surface area contributed by atoms with Gasteiger partial charge in [0.25, 0.3) is 0 Å². The molecule has 0 bridgehead atoms. The van der Waals surface area contributed by atoms with Gasteiger partial charge in [0.05, 0.1) is 11.4 Å². The molecular weight excluding hydrogens is 586 g/mol. The Morgan fingerprint density at radius 2 is 1.69 bits per heavy atom. The summed E-state index contributed by atoms with van der Waals surface area (Å²) in [6, 6.07) is 11.6. The SMILES string of the molecule is CCS(=O)(=O)N(CC(=O)N(Cc1ccc(Br)cc1)[C@H](C)C(=O)NC1CCCCC1)c1ccc2c(c1)OCCO2. The molecule has 1 atom stereocenters. The summed E-state index contributed by atoms with van der Waals surface area (Å²) >= 11 is 3.43. The lowest BCUT2D eigenvalue weighted by Crippen LogP contribution is -2.53. The second-order valence-electron chi connectivity index (χ2n) is 9.90. The molecule has 1 fully saturated rings. The van der Waals surface area contributed by atoms with Gasteiger partial charge >= 0.3 is 0 Å². The molecule has 1 heterocycles. The molecule has 1 N–H and O–H groups in total. The van der Waals surface area contributed by atoms with Gasteiger partial charge in [-0.05, 0) is 56.5 Å². The summed E-state index contributed by atoms with van der Waals surface area (Å²) in [4.78, 5) is 28.6. The van der Waals surface area contributed by atoms with Crippen molar-refractivity contribution in [3.63, 3.8) is 0 Å². The number of hydrogen-bond acceptors (Lipinski definition) is 6. The molecule has 11 heteroatoms. The number of benzene rings is 2. The molecule has 0 spiro atoms. The summed E-state index contributed by atoms with van der Waals surface area (Å²) < 4.78 is 39.6. The first-order valence-electron chi connectivity index (χ1n) is 13.4. The van der Waals surface area contributed by atoms with Crippen LogP contribution in [0.25, 0.3) is 0 Å². The lowest BCUT2D eigenvalue weighted by Gasteiger charge is -2.33.